The zero-order valence-corrected chi connectivity index (χ0v) is 22.0. The van der Waals surface area contributed by atoms with Crippen molar-refractivity contribution in [2.24, 2.45) is 23.7 Å². The van der Waals surface area contributed by atoms with E-state index in [2.05, 4.69) is 66.7 Å². The van der Waals surface area contributed by atoms with Crippen molar-refractivity contribution in [3.63, 3.8) is 0 Å². The maximum atomic E-state index is 10.4. The molecule has 10 rings (SSSR count). The predicted octanol–water partition coefficient (Wildman–Crippen LogP) is 7.06. The quantitative estimate of drug-likeness (QED) is 0.199. The van der Waals surface area contributed by atoms with Crippen molar-refractivity contribution in [1.29, 1.82) is 0 Å². The molecule has 190 valence electrons. The van der Waals surface area contributed by atoms with E-state index in [1.807, 2.05) is 24.3 Å². The standard InChI is InChI=1S/C36H31BO2/c38-37(39)35-29-10-3-1-8-27(29)34(28-9-2-4-11-30(28)35)23-13-14-33-31(20-23)26-7-5-6-12-32(26)36(33)24-16-21-15-22(18-24)19-25(36)17-21/h1-14,20-22,24-25,38-39H,15-19H2. The normalized spacial score (nSPS) is 27.8. The molecule has 0 heterocycles. The summed E-state index contributed by atoms with van der Waals surface area (Å²) in [4.78, 5) is 0. The minimum absolute atomic E-state index is 0.173. The second-order valence-electron chi connectivity index (χ2n) is 12.7. The van der Waals surface area contributed by atoms with Gasteiger partial charge in [-0.3, -0.25) is 0 Å². The van der Waals surface area contributed by atoms with Gasteiger partial charge in [-0.15, -0.1) is 0 Å². The fourth-order valence-electron chi connectivity index (χ4n) is 10.1. The van der Waals surface area contributed by atoms with Gasteiger partial charge in [-0.05, 0) is 122 Å². The molecular weight excluding hydrogens is 475 g/mol. The van der Waals surface area contributed by atoms with Crippen LogP contribution in [0.4, 0.5) is 0 Å². The summed E-state index contributed by atoms with van der Waals surface area (Å²) in [5.74, 6) is 3.39. The first kappa shape index (κ1) is 22.4. The van der Waals surface area contributed by atoms with Crippen molar-refractivity contribution in [1.82, 2.24) is 0 Å². The van der Waals surface area contributed by atoms with Crippen molar-refractivity contribution < 1.29 is 10.0 Å². The Morgan fingerprint density at radius 2 is 1.10 bits per heavy atom. The minimum atomic E-state index is -1.53. The summed E-state index contributed by atoms with van der Waals surface area (Å²) in [7, 11) is -1.53. The molecule has 1 spiro atoms. The lowest BCUT2D eigenvalue weighted by Gasteiger charge is -2.61. The van der Waals surface area contributed by atoms with Crippen LogP contribution in [0, 0.1) is 23.7 Å². The molecule has 2 nitrogen and oxygen atoms in total. The fourth-order valence-corrected chi connectivity index (χ4v) is 10.1. The maximum absolute atomic E-state index is 10.4. The van der Waals surface area contributed by atoms with Gasteiger partial charge in [0.2, 0.25) is 0 Å². The van der Waals surface area contributed by atoms with Crippen molar-refractivity contribution in [3.8, 4) is 22.3 Å². The lowest BCUT2D eigenvalue weighted by Crippen LogP contribution is -2.55. The highest BCUT2D eigenvalue weighted by Crippen LogP contribution is 2.69. The maximum Gasteiger partial charge on any atom is 0.489 e. The number of fused-ring (bicyclic) bond motifs is 5. The lowest BCUT2D eigenvalue weighted by atomic mass is 9.43. The van der Waals surface area contributed by atoms with E-state index >= 15 is 0 Å². The van der Waals surface area contributed by atoms with Crippen molar-refractivity contribution in [2.75, 3.05) is 0 Å². The van der Waals surface area contributed by atoms with Gasteiger partial charge >= 0.3 is 7.12 Å². The Hall–Kier alpha value is -3.40. The van der Waals surface area contributed by atoms with Crippen LogP contribution in [-0.4, -0.2) is 17.2 Å². The van der Waals surface area contributed by atoms with Gasteiger partial charge in [-0.25, -0.2) is 0 Å². The Morgan fingerprint density at radius 3 is 1.72 bits per heavy atom. The number of benzene rings is 5. The third-order valence-corrected chi connectivity index (χ3v) is 11.1. The molecule has 5 aromatic carbocycles. The molecular formula is C36H31BO2. The van der Waals surface area contributed by atoms with E-state index < -0.39 is 7.12 Å². The molecule has 0 unspecified atom stereocenters. The van der Waals surface area contributed by atoms with Crippen LogP contribution in [0.15, 0.2) is 91.0 Å². The van der Waals surface area contributed by atoms with Gasteiger partial charge in [0, 0.05) is 5.41 Å². The van der Waals surface area contributed by atoms with E-state index in [0.717, 1.165) is 45.2 Å². The van der Waals surface area contributed by atoms with Crippen LogP contribution in [0.25, 0.3) is 43.8 Å². The molecule has 5 aliphatic carbocycles. The van der Waals surface area contributed by atoms with Gasteiger partial charge in [-0.1, -0.05) is 84.9 Å². The van der Waals surface area contributed by atoms with E-state index in [1.165, 1.54) is 54.4 Å². The number of hydrogen-bond donors (Lipinski definition) is 2. The van der Waals surface area contributed by atoms with Crippen molar-refractivity contribution >= 4 is 34.1 Å². The summed E-state index contributed by atoms with van der Waals surface area (Å²) < 4.78 is 0. The Bertz CT molecular complexity index is 1730. The summed E-state index contributed by atoms with van der Waals surface area (Å²) in [6, 6.07) is 33.0. The molecule has 0 amide bonds. The largest absolute Gasteiger partial charge is 0.489 e. The van der Waals surface area contributed by atoms with E-state index in [-0.39, 0.29) is 5.41 Å². The smallest absolute Gasteiger partial charge is 0.423 e. The molecule has 0 atom stereocenters. The molecule has 4 fully saturated rings. The number of hydrogen-bond acceptors (Lipinski definition) is 2. The highest BCUT2D eigenvalue weighted by Gasteiger charge is 2.61. The summed E-state index contributed by atoms with van der Waals surface area (Å²) in [6.45, 7) is 0. The molecule has 2 N–H and O–H groups in total. The average Bonchev–Trinajstić information content (AvgIpc) is 3.24. The third-order valence-electron chi connectivity index (χ3n) is 11.1. The molecule has 4 saturated carbocycles. The van der Waals surface area contributed by atoms with Crippen LogP contribution in [0.2, 0.25) is 0 Å². The minimum Gasteiger partial charge on any atom is -0.423 e. The second-order valence-corrected chi connectivity index (χ2v) is 12.7. The van der Waals surface area contributed by atoms with Crippen LogP contribution < -0.4 is 5.46 Å². The molecule has 0 saturated heterocycles. The molecule has 3 heteroatoms. The molecule has 5 aromatic rings. The lowest BCUT2D eigenvalue weighted by molar-refractivity contribution is -0.0399. The van der Waals surface area contributed by atoms with Crippen molar-refractivity contribution in [2.45, 2.75) is 37.5 Å². The average molecular weight is 506 g/mol. The molecule has 0 radical (unpaired) electrons. The summed E-state index contributed by atoms with van der Waals surface area (Å²) in [6.07, 6.45) is 7.03. The van der Waals surface area contributed by atoms with Gasteiger partial charge in [0.05, 0.1) is 0 Å². The summed E-state index contributed by atoms with van der Waals surface area (Å²) >= 11 is 0. The molecule has 39 heavy (non-hydrogen) atoms. The van der Waals surface area contributed by atoms with Crippen LogP contribution in [0.5, 0.6) is 0 Å². The van der Waals surface area contributed by atoms with E-state index in [1.54, 1.807) is 11.1 Å². The van der Waals surface area contributed by atoms with E-state index in [9.17, 15) is 10.0 Å². The van der Waals surface area contributed by atoms with Crippen LogP contribution in [0.1, 0.15) is 43.2 Å². The molecule has 0 aliphatic heterocycles. The van der Waals surface area contributed by atoms with Gasteiger partial charge in [-0.2, -0.15) is 0 Å². The summed E-state index contributed by atoms with van der Waals surface area (Å²) in [5, 5.41) is 24.8. The van der Waals surface area contributed by atoms with Gasteiger partial charge in [0.1, 0.15) is 0 Å². The zero-order valence-electron chi connectivity index (χ0n) is 22.0. The Balaban J connectivity index is 1.33. The van der Waals surface area contributed by atoms with E-state index in [4.69, 9.17) is 0 Å². The van der Waals surface area contributed by atoms with Crippen LogP contribution in [-0.2, 0) is 5.41 Å². The van der Waals surface area contributed by atoms with E-state index in [0.29, 0.717) is 5.46 Å². The molecule has 0 aromatic heterocycles. The monoisotopic (exact) mass is 506 g/mol. The first-order valence-electron chi connectivity index (χ1n) is 14.7. The highest BCUT2D eigenvalue weighted by atomic mass is 16.4. The van der Waals surface area contributed by atoms with Crippen LogP contribution in [0.3, 0.4) is 0 Å². The predicted molar refractivity (Wildman–Crippen MR) is 160 cm³/mol. The second kappa shape index (κ2) is 7.84. The van der Waals surface area contributed by atoms with Crippen molar-refractivity contribution in [3.05, 3.63) is 102 Å². The van der Waals surface area contributed by atoms with Gasteiger partial charge < -0.3 is 10.0 Å². The third kappa shape index (κ3) is 2.80. The number of rotatable bonds is 2. The molecule has 4 bridgehead atoms. The Labute approximate surface area is 229 Å². The first-order chi connectivity index (χ1) is 19.1. The first-order valence-corrected chi connectivity index (χ1v) is 14.7. The molecule has 5 aliphatic rings. The summed E-state index contributed by atoms with van der Waals surface area (Å²) in [5.41, 5.74) is 9.13. The SMILES string of the molecule is OB(O)c1c2ccccc2c(-c2ccc3c(c2)-c2ccccc2C32C3CC4CC(C3)CC2C4)c2ccccc12. The van der Waals surface area contributed by atoms with Crippen LogP contribution >= 0.6 is 0 Å². The topological polar surface area (TPSA) is 40.5 Å². The fraction of sp³-hybridized carbons (Fsp3) is 0.278. The Kier molecular flexibility index (Phi) is 4.51. The zero-order chi connectivity index (χ0) is 25.9. The van der Waals surface area contributed by atoms with Gasteiger partial charge in [0.15, 0.2) is 0 Å². The Morgan fingerprint density at radius 1 is 0.564 bits per heavy atom. The van der Waals surface area contributed by atoms with Gasteiger partial charge in [0.25, 0.3) is 0 Å². The highest BCUT2D eigenvalue weighted by molar-refractivity contribution is 6.66.